The van der Waals surface area contributed by atoms with Gasteiger partial charge in [0.1, 0.15) is 0 Å². The summed E-state index contributed by atoms with van der Waals surface area (Å²) in [6, 6.07) is 6.04. The topological polar surface area (TPSA) is 58.6 Å². The zero-order chi connectivity index (χ0) is 17.7. The van der Waals surface area contributed by atoms with E-state index in [1.54, 1.807) is 7.11 Å². The van der Waals surface area contributed by atoms with E-state index in [0.29, 0.717) is 24.7 Å². The molecule has 1 atom stereocenters. The highest BCUT2D eigenvalue weighted by Gasteiger charge is 2.33. The predicted octanol–water partition coefficient (Wildman–Crippen LogP) is 2.53. The zero-order valence-corrected chi connectivity index (χ0v) is 16.2. The summed E-state index contributed by atoms with van der Waals surface area (Å²) in [7, 11) is -1.29. The standard InChI is InChI=1S/C17H26N2O3S2/c1-13-5-6-15(11-14(13)2)18-17(23)19(8-4-9-22-3)16-7-10-24(20,21)12-16/h5-6,11,16H,4,7-10,12H2,1-3H3,(H,18,23)/t16-/m1/s1. The van der Waals surface area contributed by atoms with Crippen LogP contribution in [0.5, 0.6) is 0 Å². The van der Waals surface area contributed by atoms with Crippen LogP contribution in [0, 0.1) is 13.8 Å². The summed E-state index contributed by atoms with van der Waals surface area (Å²) in [6.07, 6.45) is 1.44. The van der Waals surface area contributed by atoms with Gasteiger partial charge in [-0.3, -0.25) is 0 Å². The Labute approximate surface area is 150 Å². The van der Waals surface area contributed by atoms with Gasteiger partial charge in [-0.1, -0.05) is 6.07 Å². The number of aryl methyl sites for hydroxylation is 2. The van der Waals surface area contributed by atoms with Crippen LogP contribution in [-0.2, 0) is 14.6 Å². The Morgan fingerprint density at radius 1 is 1.38 bits per heavy atom. The third-order valence-electron chi connectivity index (χ3n) is 4.42. The lowest BCUT2D eigenvalue weighted by atomic mass is 10.1. The van der Waals surface area contributed by atoms with E-state index < -0.39 is 9.84 Å². The lowest BCUT2D eigenvalue weighted by Gasteiger charge is -2.31. The summed E-state index contributed by atoms with van der Waals surface area (Å²) in [5, 5.41) is 3.84. The number of hydrogen-bond acceptors (Lipinski definition) is 4. The van der Waals surface area contributed by atoms with E-state index in [1.165, 1.54) is 11.1 Å². The Kier molecular flexibility index (Phi) is 6.60. The molecule has 0 spiro atoms. The minimum Gasteiger partial charge on any atom is -0.385 e. The largest absolute Gasteiger partial charge is 0.385 e. The summed E-state index contributed by atoms with van der Waals surface area (Å²) in [6.45, 7) is 5.44. The molecule has 1 aromatic carbocycles. The van der Waals surface area contributed by atoms with Crippen molar-refractivity contribution in [1.29, 1.82) is 0 Å². The third-order valence-corrected chi connectivity index (χ3v) is 6.50. The maximum Gasteiger partial charge on any atom is 0.173 e. The number of hydrogen-bond donors (Lipinski definition) is 1. The number of benzene rings is 1. The molecule has 1 saturated heterocycles. The van der Waals surface area contributed by atoms with Gasteiger partial charge in [-0.2, -0.15) is 0 Å². The van der Waals surface area contributed by atoms with E-state index in [0.717, 1.165) is 12.1 Å². The van der Waals surface area contributed by atoms with E-state index in [4.69, 9.17) is 17.0 Å². The van der Waals surface area contributed by atoms with Crippen molar-refractivity contribution in [2.75, 3.05) is 37.1 Å². The minimum atomic E-state index is -2.95. The van der Waals surface area contributed by atoms with Gasteiger partial charge in [-0.15, -0.1) is 0 Å². The fraction of sp³-hybridized carbons (Fsp3) is 0.588. The number of thiocarbonyl (C=S) groups is 1. The fourth-order valence-electron chi connectivity index (χ4n) is 2.86. The van der Waals surface area contributed by atoms with E-state index >= 15 is 0 Å². The van der Waals surface area contributed by atoms with E-state index in [-0.39, 0.29) is 17.5 Å². The van der Waals surface area contributed by atoms with E-state index in [2.05, 4.69) is 31.3 Å². The molecule has 2 rings (SSSR count). The van der Waals surface area contributed by atoms with Gasteiger partial charge in [0.2, 0.25) is 0 Å². The SMILES string of the molecule is COCCCN(C(=S)Nc1ccc(C)c(C)c1)[C@@H]1CCS(=O)(=O)C1. The van der Waals surface area contributed by atoms with Gasteiger partial charge in [0.25, 0.3) is 0 Å². The van der Waals surface area contributed by atoms with Crippen molar-refractivity contribution < 1.29 is 13.2 Å². The monoisotopic (exact) mass is 370 g/mol. The van der Waals surface area contributed by atoms with Crippen LogP contribution in [0.1, 0.15) is 24.0 Å². The molecule has 1 aliphatic rings. The van der Waals surface area contributed by atoms with Gasteiger partial charge in [0.15, 0.2) is 14.9 Å². The van der Waals surface area contributed by atoms with Gasteiger partial charge in [-0.05, 0) is 62.2 Å². The molecule has 0 bridgehead atoms. The number of sulfone groups is 1. The van der Waals surface area contributed by atoms with Crippen LogP contribution < -0.4 is 5.32 Å². The molecule has 7 heteroatoms. The first kappa shape index (κ1) is 19.1. The second-order valence-corrected chi connectivity index (χ2v) is 8.94. The van der Waals surface area contributed by atoms with E-state index in [9.17, 15) is 8.42 Å². The number of methoxy groups -OCH3 is 1. The third kappa shape index (κ3) is 5.16. The van der Waals surface area contributed by atoms with Crippen molar-refractivity contribution >= 4 is 32.9 Å². The van der Waals surface area contributed by atoms with Crippen molar-refractivity contribution in [1.82, 2.24) is 4.90 Å². The first-order valence-electron chi connectivity index (χ1n) is 8.16. The summed E-state index contributed by atoms with van der Waals surface area (Å²) >= 11 is 5.57. The molecule has 0 saturated carbocycles. The summed E-state index contributed by atoms with van der Waals surface area (Å²) in [4.78, 5) is 2.01. The van der Waals surface area contributed by atoms with Gasteiger partial charge in [-0.25, -0.2) is 8.42 Å². The molecule has 0 aromatic heterocycles. The average molecular weight is 371 g/mol. The zero-order valence-electron chi connectivity index (χ0n) is 14.5. The van der Waals surface area contributed by atoms with Crippen molar-refractivity contribution in [3.63, 3.8) is 0 Å². The molecule has 0 unspecified atom stereocenters. The van der Waals surface area contributed by atoms with Gasteiger partial charge in [0.05, 0.1) is 11.5 Å². The molecule has 134 valence electrons. The summed E-state index contributed by atoms with van der Waals surface area (Å²) in [5.41, 5.74) is 3.35. The average Bonchev–Trinajstić information content (AvgIpc) is 2.87. The Morgan fingerprint density at radius 3 is 2.71 bits per heavy atom. The van der Waals surface area contributed by atoms with Crippen molar-refractivity contribution in [2.24, 2.45) is 0 Å². The number of nitrogens with one attached hydrogen (secondary N) is 1. The fourth-order valence-corrected chi connectivity index (χ4v) is 4.95. The summed E-state index contributed by atoms with van der Waals surface area (Å²) < 4.78 is 28.8. The smallest absolute Gasteiger partial charge is 0.173 e. The lowest BCUT2D eigenvalue weighted by molar-refractivity contribution is 0.181. The van der Waals surface area contributed by atoms with Crippen molar-refractivity contribution in [2.45, 2.75) is 32.7 Å². The highest BCUT2D eigenvalue weighted by Crippen LogP contribution is 2.20. The second kappa shape index (κ2) is 8.27. The Morgan fingerprint density at radius 2 is 2.12 bits per heavy atom. The highest BCUT2D eigenvalue weighted by atomic mass is 32.2. The molecular weight excluding hydrogens is 344 g/mol. The second-order valence-electron chi connectivity index (χ2n) is 6.33. The van der Waals surface area contributed by atoms with Crippen LogP contribution in [0.4, 0.5) is 5.69 Å². The van der Waals surface area contributed by atoms with Crippen LogP contribution >= 0.6 is 12.2 Å². The lowest BCUT2D eigenvalue weighted by Crippen LogP contribution is -2.44. The quantitative estimate of drug-likeness (QED) is 0.613. The number of ether oxygens (including phenoxy) is 1. The molecular formula is C17H26N2O3S2. The number of anilines is 1. The molecule has 5 nitrogen and oxygen atoms in total. The molecule has 1 heterocycles. The Bertz CT molecular complexity index is 689. The van der Waals surface area contributed by atoms with Crippen molar-refractivity contribution in [3.8, 4) is 0 Å². The Balaban J connectivity index is 2.09. The molecule has 1 fully saturated rings. The summed E-state index contributed by atoms with van der Waals surface area (Å²) in [5.74, 6) is 0.416. The first-order valence-corrected chi connectivity index (χ1v) is 10.4. The molecule has 1 N–H and O–H groups in total. The molecule has 1 aromatic rings. The molecule has 24 heavy (non-hydrogen) atoms. The predicted molar refractivity (Wildman–Crippen MR) is 102 cm³/mol. The van der Waals surface area contributed by atoms with Gasteiger partial charge in [0, 0.05) is 32.0 Å². The maximum absolute atomic E-state index is 11.8. The van der Waals surface area contributed by atoms with Crippen LogP contribution in [-0.4, -0.2) is 56.2 Å². The van der Waals surface area contributed by atoms with Crippen LogP contribution in [0.25, 0.3) is 0 Å². The minimum absolute atomic E-state index is 0.0570. The first-order chi connectivity index (χ1) is 11.3. The maximum atomic E-state index is 11.8. The van der Waals surface area contributed by atoms with Gasteiger partial charge >= 0.3 is 0 Å². The number of rotatable bonds is 6. The van der Waals surface area contributed by atoms with Crippen LogP contribution in [0.3, 0.4) is 0 Å². The van der Waals surface area contributed by atoms with Crippen LogP contribution in [0.2, 0.25) is 0 Å². The molecule has 1 aliphatic heterocycles. The normalized spacial score (nSPS) is 19.2. The van der Waals surface area contributed by atoms with Crippen LogP contribution in [0.15, 0.2) is 18.2 Å². The van der Waals surface area contributed by atoms with E-state index in [1.807, 2.05) is 11.0 Å². The number of nitrogens with zero attached hydrogens (tertiary/aromatic N) is 1. The van der Waals surface area contributed by atoms with Gasteiger partial charge < -0.3 is 15.0 Å². The Hall–Kier alpha value is -1.18. The molecule has 0 amide bonds. The van der Waals surface area contributed by atoms with Crippen molar-refractivity contribution in [3.05, 3.63) is 29.3 Å². The molecule has 0 aliphatic carbocycles. The highest BCUT2D eigenvalue weighted by molar-refractivity contribution is 7.91. The molecule has 0 radical (unpaired) electrons.